The van der Waals surface area contributed by atoms with E-state index in [0.29, 0.717) is 5.02 Å². The molecule has 0 aliphatic heterocycles. The van der Waals surface area contributed by atoms with Gasteiger partial charge in [-0.3, -0.25) is 10.2 Å². The van der Waals surface area contributed by atoms with Crippen molar-refractivity contribution < 1.29 is 13.2 Å². The molecule has 0 aromatic heterocycles. The Hall–Kier alpha value is -1.60. The maximum Gasteiger partial charge on any atom is 0.266 e. The molecule has 0 atom stereocenters. The molecule has 110 valence electrons. The smallest absolute Gasteiger partial charge is 0.266 e. The standard InChI is InChI=1S/C13H10Cl2N2O3S/c14-11-7-6-9(8-12(11)15)13(18)16-17-21(19,20)10-4-2-1-3-5-10/h1-8,17H,(H,16,18). The van der Waals surface area contributed by atoms with Crippen LogP contribution in [-0.2, 0) is 10.0 Å². The second kappa shape index (κ2) is 6.44. The molecule has 0 heterocycles. The van der Waals surface area contributed by atoms with E-state index < -0.39 is 15.9 Å². The van der Waals surface area contributed by atoms with Crippen LogP contribution in [0.3, 0.4) is 0 Å². The Balaban J connectivity index is 2.09. The SMILES string of the molecule is O=C(NNS(=O)(=O)c1ccccc1)c1ccc(Cl)c(Cl)c1. The number of benzene rings is 2. The van der Waals surface area contributed by atoms with Gasteiger partial charge >= 0.3 is 0 Å². The van der Waals surface area contributed by atoms with Gasteiger partial charge in [0.1, 0.15) is 0 Å². The maximum atomic E-state index is 11.9. The molecule has 0 fully saturated rings. The van der Waals surface area contributed by atoms with Crippen LogP contribution < -0.4 is 10.3 Å². The summed E-state index contributed by atoms with van der Waals surface area (Å²) in [6.07, 6.45) is 0. The van der Waals surface area contributed by atoms with E-state index in [1.807, 2.05) is 4.83 Å². The molecular formula is C13H10Cl2N2O3S. The molecule has 0 radical (unpaired) electrons. The van der Waals surface area contributed by atoms with E-state index in [-0.39, 0.29) is 15.5 Å². The van der Waals surface area contributed by atoms with Crippen LogP contribution in [0.25, 0.3) is 0 Å². The summed E-state index contributed by atoms with van der Waals surface area (Å²) < 4.78 is 23.8. The van der Waals surface area contributed by atoms with Crippen LogP contribution >= 0.6 is 23.2 Å². The number of hydrazine groups is 1. The first-order chi connectivity index (χ1) is 9.90. The normalized spacial score (nSPS) is 11.1. The van der Waals surface area contributed by atoms with Crippen molar-refractivity contribution in [2.24, 2.45) is 0 Å². The van der Waals surface area contributed by atoms with Crippen molar-refractivity contribution in [2.75, 3.05) is 0 Å². The van der Waals surface area contributed by atoms with Crippen molar-refractivity contribution >= 4 is 39.1 Å². The highest BCUT2D eigenvalue weighted by Crippen LogP contribution is 2.22. The zero-order valence-corrected chi connectivity index (χ0v) is 12.8. The Bertz CT molecular complexity index is 764. The van der Waals surface area contributed by atoms with E-state index in [4.69, 9.17) is 23.2 Å². The molecule has 0 spiro atoms. The molecule has 8 heteroatoms. The van der Waals surface area contributed by atoms with Crippen LogP contribution in [-0.4, -0.2) is 14.3 Å². The largest absolute Gasteiger partial charge is 0.273 e. The summed E-state index contributed by atoms with van der Waals surface area (Å²) in [6.45, 7) is 0. The summed E-state index contributed by atoms with van der Waals surface area (Å²) in [6, 6.07) is 11.9. The third-order valence-corrected chi connectivity index (χ3v) is 4.54. The van der Waals surface area contributed by atoms with Crippen molar-refractivity contribution in [3.63, 3.8) is 0 Å². The number of hydrogen-bond acceptors (Lipinski definition) is 3. The molecule has 0 aliphatic carbocycles. The van der Waals surface area contributed by atoms with Crippen LogP contribution in [0.4, 0.5) is 0 Å². The quantitative estimate of drug-likeness (QED) is 0.837. The van der Waals surface area contributed by atoms with E-state index in [9.17, 15) is 13.2 Å². The molecule has 0 aliphatic rings. The van der Waals surface area contributed by atoms with Crippen molar-refractivity contribution in [1.29, 1.82) is 0 Å². The molecule has 0 bridgehead atoms. The van der Waals surface area contributed by atoms with E-state index >= 15 is 0 Å². The summed E-state index contributed by atoms with van der Waals surface area (Å²) in [5, 5.41) is 0.508. The monoisotopic (exact) mass is 344 g/mol. The van der Waals surface area contributed by atoms with E-state index in [2.05, 4.69) is 5.43 Å². The summed E-state index contributed by atoms with van der Waals surface area (Å²) in [7, 11) is -3.82. The predicted octanol–water partition coefficient (Wildman–Crippen LogP) is 2.62. The maximum absolute atomic E-state index is 11.9. The van der Waals surface area contributed by atoms with E-state index in [1.165, 1.54) is 30.3 Å². The van der Waals surface area contributed by atoms with Gasteiger partial charge in [0, 0.05) is 5.56 Å². The van der Waals surface area contributed by atoms with Crippen molar-refractivity contribution in [3.05, 3.63) is 64.1 Å². The fraction of sp³-hybridized carbons (Fsp3) is 0. The van der Waals surface area contributed by atoms with Gasteiger partial charge in [-0.05, 0) is 30.3 Å². The van der Waals surface area contributed by atoms with Gasteiger partial charge in [0.15, 0.2) is 0 Å². The number of hydrogen-bond donors (Lipinski definition) is 2. The molecule has 2 aromatic carbocycles. The number of carbonyl (C=O) groups is 1. The Morgan fingerprint density at radius 3 is 2.24 bits per heavy atom. The van der Waals surface area contributed by atoms with Crippen LogP contribution in [0.2, 0.25) is 10.0 Å². The number of amides is 1. The topological polar surface area (TPSA) is 75.3 Å². The fourth-order valence-electron chi connectivity index (χ4n) is 1.48. The number of sulfonamides is 1. The minimum absolute atomic E-state index is 0.0411. The molecule has 5 nitrogen and oxygen atoms in total. The molecule has 2 N–H and O–H groups in total. The summed E-state index contributed by atoms with van der Waals surface area (Å²) in [5.74, 6) is -0.645. The van der Waals surface area contributed by atoms with E-state index in [0.717, 1.165) is 0 Å². The number of carbonyl (C=O) groups excluding carboxylic acids is 1. The van der Waals surface area contributed by atoms with Gasteiger partial charge in [-0.1, -0.05) is 41.4 Å². The van der Waals surface area contributed by atoms with Gasteiger partial charge < -0.3 is 0 Å². The molecule has 21 heavy (non-hydrogen) atoms. The van der Waals surface area contributed by atoms with Crippen LogP contribution in [0, 0.1) is 0 Å². The van der Waals surface area contributed by atoms with Gasteiger partial charge in [0.25, 0.3) is 15.9 Å². The average Bonchev–Trinajstić information content (AvgIpc) is 2.48. The highest BCUT2D eigenvalue weighted by atomic mass is 35.5. The van der Waals surface area contributed by atoms with Gasteiger partial charge in [0.2, 0.25) is 0 Å². The molecular weight excluding hydrogens is 335 g/mol. The Morgan fingerprint density at radius 2 is 1.62 bits per heavy atom. The van der Waals surface area contributed by atoms with Crippen molar-refractivity contribution in [2.45, 2.75) is 4.90 Å². The second-order valence-electron chi connectivity index (χ2n) is 4.00. The number of nitrogens with one attached hydrogen (secondary N) is 2. The first-order valence-electron chi connectivity index (χ1n) is 5.72. The van der Waals surface area contributed by atoms with Gasteiger partial charge in [-0.2, -0.15) is 0 Å². The first kappa shape index (κ1) is 15.8. The molecule has 2 aromatic rings. The lowest BCUT2D eigenvalue weighted by Gasteiger charge is -2.08. The van der Waals surface area contributed by atoms with Crippen LogP contribution in [0.15, 0.2) is 53.4 Å². The highest BCUT2D eigenvalue weighted by molar-refractivity contribution is 7.89. The summed E-state index contributed by atoms with van der Waals surface area (Å²) >= 11 is 11.5. The lowest BCUT2D eigenvalue weighted by molar-refractivity contribution is 0.0945. The lowest BCUT2D eigenvalue weighted by atomic mass is 10.2. The van der Waals surface area contributed by atoms with Gasteiger partial charge in [-0.25, -0.2) is 8.42 Å². The van der Waals surface area contributed by atoms with Gasteiger partial charge in [0.05, 0.1) is 14.9 Å². The zero-order valence-electron chi connectivity index (χ0n) is 10.5. The Labute approximate surface area is 131 Å². The lowest BCUT2D eigenvalue weighted by Crippen LogP contribution is -2.41. The van der Waals surface area contributed by atoms with Crippen LogP contribution in [0.1, 0.15) is 10.4 Å². The second-order valence-corrected chi connectivity index (χ2v) is 6.50. The first-order valence-corrected chi connectivity index (χ1v) is 7.96. The molecule has 0 unspecified atom stereocenters. The zero-order chi connectivity index (χ0) is 15.5. The summed E-state index contributed by atoms with van der Waals surface area (Å²) in [5.41, 5.74) is 2.29. The average molecular weight is 345 g/mol. The van der Waals surface area contributed by atoms with E-state index in [1.54, 1.807) is 18.2 Å². The number of rotatable bonds is 4. The highest BCUT2D eigenvalue weighted by Gasteiger charge is 2.15. The molecule has 1 amide bonds. The van der Waals surface area contributed by atoms with Gasteiger partial charge in [-0.15, -0.1) is 4.83 Å². The molecule has 0 saturated heterocycles. The number of halogens is 2. The third-order valence-electron chi connectivity index (χ3n) is 2.53. The third kappa shape index (κ3) is 3.95. The van der Waals surface area contributed by atoms with Crippen molar-refractivity contribution in [3.8, 4) is 0 Å². The van der Waals surface area contributed by atoms with Crippen LogP contribution in [0.5, 0.6) is 0 Å². The minimum atomic E-state index is -3.82. The Kier molecular flexibility index (Phi) is 4.84. The molecule has 0 saturated carbocycles. The molecule has 2 rings (SSSR count). The predicted molar refractivity (Wildman–Crippen MR) is 80.7 cm³/mol. The summed E-state index contributed by atoms with van der Waals surface area (Å²) in [4.78, 5) is 13.9. The fourth-order valence-corrected chi connectivity index (χ4v) is 2.64. The Morgan fingerprint density at radius 1 is 0.952 bits per heavy atom. The van der Waals surface area contributed by atoms with Crippen molar-refractivity contribution in [1.82, 2.24) is 10.3 Å². The minimum Gasteiger partial charge on any atom is -0.273 e.